The van der Waals surface area contributed by atoms with Gasteiger partial charge >= 0.3 is 12.1 Å². The molecule has 4 fully saturated rings. The third kappa shape index (κ3) is 4.65. The second kappa shape index (κ2) is 10.5. The molecule has 6 amide bonds. The zero-order valence-electron chi connectivity index (χ0n) is 23.7. The van der Waals surface area contributed by atoms with E-state index in [-0.39, 0.29) is 23.9 Å². The van der Waals surface area contributed by atoms with Crippen molar-refractivity contribution >= 4 is 35.3 Å². The number of hydrogen-bond donors (Lipinski definition) is 2. The minimum absolute atomic E-state index is 0.0561. The largest absolute Gasteiger partial charge is 0.371 e. The normalized spacial score (nSPS) is 21.5. The van der Waals surface area contributed by atoms with Crippen LogP contribution in [0, 0.1) is 13.8 Å². The quantitative estimate of drug-likeness (QED) is 0.561. The molecule has 10 heteroatoms. The first-order valence-corrected chi connectivity index (χ1v) is 13.9. The van der Waals surface area contributed by atoms with Gasteiger partial charge in [0.2, 0.25) is 0 Å². The summed E-state index contributed by atoms with van der Waals surface area (Å²) in [7, 11) is 3.32. The van der Waals surface area contributed by atoms with Gasteiger partial charge < -0.3 is 20.0 Å². The van der Waals surface area contributed by atoms with E-state index in [2.05, 4.69) is 58.5 Å². The second-order valence-electron chi connectivity index (χ2n) is 11.3. The fraction of sp³-hybridized carbons (Fsp3) is 0.467. The number of urea groups is 2. The van der Waals surface area contributed by atoms with E-state index in [9.17, 15) is 19.2 Å². The molecule has 4 aliphatic rings. The molecule has 6 rings (SSSR count). The van der Waals surface area contributed by atoms with Crippen molar-refractivity contribution in [2.24, 2.45) is 0 Å². The Kier molecular flexibility index (Phi) is 7.20. The molecule has 212 valence electrons. The molecule has 40 heavy (non-hydrogen) atoms. The van der Waals surface area contributed by atoms with E-state index in [1.807, 2.05) is 24.3 Å². The average molecular weight is 547 g/mol. The number of aryl methyl sites for hydroxylation is 2. The molecule has 0 radical (unpaired) electrons. The number of hydrogen-bond acceptors (Lipinski definition) is 6. The molecule has 0 saturated carbocycles. The van der Waals surface area contributed by atoms with Gasteiger partial charge in [-0.2, -0.15) is 0 Å². The first kappa shape index (κ1) is 27.5. The molecule has 2 N–H and O–H groups in total. The average Bonchev–Trinajstić information content (AvgIpc) is 3.31. The van der Waals surface area contributed by atoms with Crippen LogP contribution in [-0.4, -0.2) is 85.0 Å². The Labute approximate surface area is 235 Å². The minimum atomic E-state index is -0.684. The van der Waals surface area contributed by atoms with E-state index in [0.717, 1.165) is 26.2 Å². The van der Waals surface area contributed by atoms with Crippen LogP contribution < -0.4 is 20.4 Å². The predicted octanol–water partition coefficient (Wildman–Crippen LogP) is 3.03. The maximum absolute atomic E-state index is 12.5. The summed E-state index contributed by atoms with van der Waals surface area (Å²) < 4.78 is 0. The Morgan fingerprint density at radius 2 is 1.18 bits per heavy atom. The van der Waals surface area contributed by atoms with Crippen molar-refractivity contribution < 1.29 is 19.2 Å². The highest BCUT2D eigenvalue weighted by Crippen LogP contribution is 2.37. The van der Waals surface area contributed by atoms with Gasteiger partial charge in [0.25, 0.3) is 11.8 Å². The number of nitrogens with one attached hydrogen (secondary N) is 2. The van der Waals surface area contributed by atoms with Crippen LogP contribution in [0.25, 0.3) is 0 Å². The number of rotatable bonds is 2. The van der Waals surface area contributed by atoms with Gasteiger partial charge in [-0.25, -0.2) is 9.59 Å². The summed E-state index contributed by atoms with van der Waals surface area (Å²) in [6, 6.07) is 16.0. The van der Waals surface area contributed by atoms with Crippen LogP contribution in [-0.2, 0) is 9.59 Å². The standard InChI is InChI=1S/C16H21N3O2.C14H17N3O2/c1-12-6-4-5-7-13(12)19-10-8-16(9-11-19)14(20)17(2)15(21)18(16)3;1-10-4-2-3-5-11(10)17-8-6-14(7-9-17)12(18)15-13(19)16-14/h4-7H,8-11H2,1-3H3;2-5H,6-9H2,1H3,(H2,15,16,18,19). The van der Waals surface area contributed by atoms with E-state index >= 15 is 0 Å². The van der Waals surface area contributed by atoms with E-state index in [1.54, 1.807) is 19.0 Å². The number of amides is 6. The molecule has 2 aromatic carbocycles. The Morgan fingerprint density at radius 3 is 1.57 bits per heavy atom. The molecule has 4 saturated heterocycles. The zero-order chi connectivity index (χ0) is 28.7. The number of carbonyl (C=O) groups is 4. The number of carbonyl (C=O) groups excluding carboxylic acids is 4. The summed E-state index contributed by atoms with van der Waals surface area (Å²) in [6.07, 6.45) is 2.68. The lowest BCUT2D eigenvalue weighted by molar-refractivity contribution is -0.133. The van der Waals surface area contributed by atoms with Crippen molar-refractivity contribution in [2.45, 2.75) is 50.6 Å². The number of benzene rings is 2. The predicted molar refractivity (Wildman–Crippen MR) is 153 cm³/mol. The van der Waals surface area contributed by atoms with Gasteiger partial charge in [-0.15, -0.1) is 0 Å². The molecule has 4 heterocycles. The van der Waals surface area contributed by atoms with Gasteiger partial charge in [0.15, 0.2) is 0 Å². The van der Waals surface area contributed by atoms with Crippen LogP contribution in [0.4, 0.5) is 21.0 Å². The summed E-state index contributed by atoms with van der Waals surface area (Å²) in [5, 5.41) is 5.12. The topological polar surface area (TPSA) is 105 Å². The number of anilines is 2. The summed E-state index contributed by atoms with van der Waals surface area (Å²) in [5.41, 5.74) is 3.59. The molecule has 0 aromatic heterocycles. The summed E-state index contributed by atoms with van der Waals surface area (Å²) in [6.45, 7) is 7.33. The van der Waals surface area contributed by atoms with Gasteiger partial charge in [-0.05, 0) is 62.8 Å². The van der Waals surface area contributed by atoms with Gasteiger partial charge in [0.05, 0.1) is 0 Å². The SMILES string of the molecule is Cc1ccccc1N1CCC2(CC1)C(=O)N(C)C(=O)N2C.Cc1ccccc1N1CCC2(CC1)NC(=O)NC2=O. The fourth-order valence-corrected chi connectivity index (χ4v) is 6.46. The summed E-state index contributed by atoms with van der Waals surface area (Å²) >= 11 is 0. The van der Waals surface area contributed by atoms with E-state index in [1.165, 1.54) is 27.4 Å². The first-order chi connectivity index (χ1) is 19.1. The van der Waals surface area contributed by atoms with Crippen molar-refractivity contribution in [1.29, 1.82) is 0 Å². The molecule has 2 spiro atoms. The monoisotopic (exact) mass is 546 g/mol. The van der Waals surface area contributed by atoms with Crippen LogP contribution in [0.1, 0.15) is 36.8 Å². The van der Waals surface area contributed by atoms with Crippen LogP contribution in [0.5, 0.6) is 0 Å². The van der Waals surface area contributed by atoms with E-state index in [0.29, 0.717) is 25.7 Å². The van der Waals surface area contributed by atoms with Crippen molar-refractivity contribution in [1.82, 2.24) is 20.4 Å². The molecular weight excluding hydrogens is 508 g/mol. The number of nitrogens with zero attached hydrogens (tertiary/aromatic N) is 4. The third-order valence-corrected chi connectivity index (χ3v) is 9.05. The smallest absolute Gasteiger partial charge is 0.327 e. The second-order valence-corrected chi connectivity index (χ2v) is 11.3. The molecule has 0 unspecified atom stereocenters. The highest BCUT2D eigenvalue weighted by molar-refractivity contribution is 6.07. The van der Waals surface area contributed by atoms with Gasteiger partial charge in [-0.3, -0.25) is 19.8 Å². The number of para-hydroxylation sites is 2. The minimum Gasteiger partial charge on any atom is -0.371 e. The highest BCUT2D eigenvalue weighted by Gasteiger charge is 2.55. The highest BCUT2D eigenvalue weighted by atomic mass is 16.2. The van der Waals surface area contributed by atoms with Crippen molar-refractivity contribution in [3.63, 3.8) is 0 Å². The number of piperidine rings is 2. The van der Waals surface area contributed by atoms with Crippen LogP contribution in [0.15, 0.2) is 48.5 Å². The van der Waals surface area contributed by atoms with Gasteiger partial charge in [0.1, 0.15) is 11.1 Å². The molecule has 2 aromatic rings. The third-order valence-electron chi connectivity index (χ3n) is 9.05. The Morgan fingerprint density at radius 1 is 0.700 bits per heavy atom. The molecule has 0 bridgehead atoms. The van der Waals surface area contributed by atoms with Crippen molar-refractivity contribution in [3.05, 3.63) is 59.7 Å². The maximum Gasteiger partial charge on any atom is 0.327 e. The Hall–Kier alpha value is -4.08. The maximum atomic E-state index is 12.5. The lowest BCUT2D eigenvalue weighted by Crippen LogP contribution is -2.55. The zero-order valence-corrected chi connectivity index (χ0v) is 23.7. The van der Waals surface area contributed by atoms with E-state index in [4.69, 9.17) is 0 Å². The summed E-state index contributed by atoms with van der Waals surface area (Å²) in [4.78, 5) is 55.1. The molecule has 4 aliphatic heterocycles. The van der Waals surface area contributed by atoms with Crippen molar-refractivity contribution in [2.75, 3.05) is 50.1 Å². The molecule has 10 nitrogen and oxygen atoms in total. The lowest BCUT2D eigenvalue weighted by Gasteiger charge is -2.42. The fourth-order valence-electron chi connectivity index (χ4n) is 6.46. The number of imide groups is 2. The van der Waals surface area contributed by atoms with Crippen LogP contribution in [0.3, 0.4) is 0 Å². The number of likely N-dealkylation sites (N-methyl/N-ethyl adjacent to an activating group) is 2. The molecule has 0 aliphatic carbocycles. The Balaban J connectivity index is 0.000000162. The summed E-state index contributed by atoms with van der Waals surface area (Å²) in [5.74, 6) is -0.235. The van der Waals surface area contributed by atoms with Gasteiger partial charge in [-0.1, -0.05) is 36.4 Å². The van der Waals surface area contributed by atoms with E-state index < -0.39 is 11.1 Å². The van der Waals surface area contributed by atoms with Crippen LogP contribution in [0.2, 0.25) is 0 Å². The lowest BCUT2D eigenvalue weighted by atomic mass is 9.86. The Bertz CT molecular complexity index is 1330. The van der Waals surface area contributed by atoms with Gasteiger partial charge in [0, 0.05) is 51.6 Å². The molecular formula is C30H38N6O4. The molecule has 0 atom stereocenters. The van der Waals surface area contributed by atoms with Crippen molar-refractivity contribution in [3.8, 4) is 0 Å². The first-order valence-electron chi connectivity index (χ1n) is 13.9. The van der Waals surface area contributed by atoms with Crippen LogP contribution >= 0.6 is 0 Å².